The van der Waals surface area contributed by atoms with Crippen molar-refractivity contribution < 1.29 is 0 Å². The lowest BCUT2D eigenvalue weighted by molar-refractivity contribution is 0.889. The Morgan fingerprint density at radius 1 is 1.25 bits per heavy atom. The van der Waals surface area contributed by atoms with E-state index in [1.165, 1.54) is 11.1 Å². The lowest BCUT2D eigenvalue weighted by Crippen LogP contribution is -2.23. The quantitative estimate of drug-likeness (QED) is 0.877. The number of thiocarbonyl (C=S) groups is 1. The molecule has 0 radical (unpaired) electrons. The van der Waals surface area contributed by atoms with Gasteiger partial charge in [-0.1, -0.05) is 42.0 Å². The lowest BCUT2D eigenvalue weighted by atomic mass is 10.1. The van der Waals surface area contributed by atoms with Crippen LogP contribution >= 0.6 is 12.2 Å². The molecule has 104 valence electrons. The molecule has 3 nitrogen and oxygen atoms in total. The number of pyridine rings is 1. The third-order valence-corrected chi connectivity index (χ3v) is 3.36. The summed E-state index contributed by atoms with van der Waals surface area (Å²) >= 11 is 5.11. The summed E-state index contributed by atoms with van der Waals surface area (Å²) in [5, 5.41) is 0. The number of nitrogens with two attached hydrogens (primary N) is 1. The summed E-state index contributed by atoms with van der Waals surface area (Å²) in [7, 11) is 2.01. The van der Waals surface area contributed by atoms with Gasteiger partial charge in [-0.2, -0.15) is 0 Å². The molecule has 0 saturated heterocycles. The van der Waals surface area contributed by atoms with Gasteiger partial charge in [0.2, 0.25) is 0 Å². The first kappa shape index (κ1) is 14.5. The number of benzene rings is 1. The van der Waals surface area contributed by atoms with Crippen LogP contribution in [0.25, 0.3) is 0 Å². The molecule has 1 aromatic heterocycles. The third kappa shape index (κ3) is 3.33. The van der Waals surface area contributed by atoms with Crippen LogP contribution in [0, 0.1) is 13.8 Å². The molecule has 0 aliphatic carbocycles. The predicted molar refractivity (Wildman–Crippen MR) is 88.1 cm³/mol. The molecule has 0 atom stereocenters. The van der Waals surface area contributed by atoms with Gasteiger partial charge in [-0.25, -0.2) is 4.98 Å². The first-order valence-electron chi connectivity index (χ1n) is 6.51. The molecule has 2 N–H and O–H groups in total. The largest absolute Gasteiger partial charge is 0.389 e. The Morgan fingerprint density at radius 2 is 2.00 bits per heavy atom. The van der Waals surface area contributed by atoms with E-state index in [0.29, 0.717) is 4.99 Å². The van der Waals surface area contributed by atoms with Crippen molar-refractivity contribution in [1.82, 2.24) is 4.98 Å². The average Bonchev–Trinajstić information content (AvgIpc) is 2.38. The summed E-state index contributed by atoms with van der Waals surface area (Å²) in [5.74, 6) is 0.832. The number of anilines is 1. The minimum absolute atomic E-state index is 0.378. The highest BCUT2D eigenvalue weighted by molar-refractivity contribution is 7.80. The third-order valence-electron chi connectivity index (χ3n) is 3.14. The average molecular weight is 285 g/mol. The first-order chi connectivity index (χ1) is 9.47. The molecule has 2 aromatic rings. The van der Waals surface area contributed by atoms with Crippen molar-refractivity contribution in [3.05, 3.63) is 58.8 Å². The Morgan fingerprint density at radius 3 is 2.65 bits per heavy atom. The second-order valence-electron chi connectivity index (χ2n) is 5.03. The number of aryl methyl sites for hydroxylation is 2. The Labute approximate surface area is 125 Å². The fourth-order valence-electron chi connectivity index (χ4n) is 2.19. The van der Waals surface area contributed by atoms with Crippen LogP contribution in [0.5, 0.6) is 0 Å². The standard InChI is InChI=1S/C16H19N3S/c1-11-5-4-6-13(9-11)10-19(3)16-14(15(17)20)8-7-12(2)18-16/h4-9H,10H2,1-3H3,(H2,17,20). The summed E-state index contributed by atoms with van der Waals surface area (Å²) in [6.07, 6.45) is 0. The van der Waals surface area contributed by atoms with Crippen LogP contribution in [0.3, 0.4) is 0 Å². The molecule has 0 aliphatic heterocycles. The maximum absolute atomic E-state index is 5.78. The fourth-order valence-corrected chi connectivity index (χ4v) is 2.34. The van der Waals surface area contributed by atoms with Crippen LogP contribution in [0.2, 0.25) is 0 Å². The molecule has 0 amide bonds. The van der Waals surface area contributed by atoms with Crippen molar-refractivity contribution in [2.45, 2.75) is 20.4 Å². The number of hydrogen-bond donors (Lipinski definition) is 1. The maximum Gasteiger partial charge on any atom is 0.139 e. The topological polar surface area (TPSA) is 42.2 Å². The molecule has 1 aromatic carbocycles. The molecule has 0 fully saturated rings. The van der Waals surface area contributed by atoms with Gasteiger partial charge in [-0.15, -0.1) is 0 Å². The lowest BCUT2D eigenvalue weighted by Gasteiger charge is -2.21. The predicted octanol–water partition coefficient (Wildman–Crippen LogP) is 2.97. The van der Waals surface area contributed by atoms with Crippen molar-refractivity contribution in [2.24, 2.45) is 5.73 Å². The van der Waals surface area contributed by atoms with Crippen LogP contribution in [-0.2, 0) is 6.54 Å². The molecule has 4 heteroatoms. The van der Waals surface area contributed by atoms with Gasteiger partial charge in [0.05, 0.1) is 5.56 Å². The van der Waals surface area contributed by atoms with Crippen molar-refractivity contribution in [1.29, 1.82) is 0 Å². The molecule has 1 heterocycles. The highest BCUT2D eigenvalue weighted by Crippen LogP contribution is 2.19. The van der Waals surface area contributed by atoms with E-state index < -0.39 is 0 Å². The number of aromatic nitrogens is 1. The van der Waals surface area contributed by atoms with E-state index in [1.807, 2.05) is 26.1 Å². The van der Waals surface area contributed by atoms with Crippen LogP contribution in [0.15, 0.2) is 36.4 Å². The first-order valence-corrected chi connectivity index (χ1v) is 6.92. The molecule has 20 heavy (non-hydrogen) atoms. The number of rotatable bonds is 4. The van der Waals surface area contributed by atoms with Gasteiger partial charge < -0.3 is 10.6 Å². The fraction of sp³-hybridized carbons (Fsp3) is 0.250. The normalized spacial score (nSPS) is 10.3. The summed E-state index contributed by atoms with van der Waals surface area (Å²) in [4.78, 5) is 7.03. The van der Waals surface area contributed by atoms with E-state index in [-0.39, 0.29) is 0 Å². The van der Waals surface area contributed by atoms with Crippen molar-refractivity contribution in [3.63, 3.8) is 0 Å². The van der Waals surface area contributed by atoms with E-state index in [1.54, 1.807) is 0 Å². The van der Waals surface area contributed by atoms with Gasteiger partial charge in [0, 0.05) is 19.3 Å². The highest BCUT2D eigenvalue weighted by atomic mass is 32.1. The van der Waals surface area contributed by atoms with E-state index in [0.717, 1.165) is 23.6 Å². The summed E-state index contributed by atoms with van der Waals surface area (Å²) < 4.78 is 0. The van der Waals surface area contributed by atoms with E-state index in [9.17, 15) is 0 Å². The van der Waals surface area contributed by atoms with Crippen LogP contribution in [-0.4, -0.2) is 17.0 Å². The molecule has 0 saturated carbocycles. The second-order valence-corrected chi connectivity index (χ2v) is 5.47. The highest BCUT2D eigenvalue weighted by Gasteiger charge is 2.12. The molecule has 0 unspecified atom stereocenters. The van der Waals surface area contributed by atoms with E-state index >= 15 is 0 Å². The zero-order valence-electron chi connectivity index (χ0n) is 12.1. The van der Waals surface area contributed by atoms with Crippen molar-refractivity contribution in [2.75, 3.05) is 11.9 Å². The Balaban J connectivity index is 2.31. The van der Waals surface area contributed by atoms with E-state index in [4.69, 9.17) is 18.0 Å². The van der Waals surface area contributed by atoms with Gasteiger partial charge in [-0.3, -0.25) is 0 Å². The van der Waals surface area contributed by atoms with Gasteiger partial charge in [0.25, 0.3) is 0 Å². The molecule has 0 aliphatic rings. The molecule has 2 rings (SSSR count). The van der Waals surface area contributed by atoms with Crippen molar-refractivity contribution in [3.8, 4) is 0 Å². The van der Waals surface area contributed by atoms with Gasteiger partial charge >= 0.3 is 0 Å². The monoisotopic (exact) mass is 285 g/mol. The SMILES string of the molecule is Cc1cccc(CN(C)c2nc(C)ccc2C(N)=S)c1. The van der Waals surface area contributed by atoms with Crippen LogP contribution in [0.4, 0.5) is 5.82 Å². The smallest absolute Gasteiger partial charge is 0.139 e. The summed E-state index contributed by atoms with van der Waals surface area (Å²) in [5.41, 5.74) is 10.1. The Hall–Kier alpha value is -1.94. The number of hydrogen-bond acceptors (Lipinski definition) is 3. The van der Waals surface area contributed by atoms with Crippen LogP contribution in [0.1, 0.15) is 22.4 Å². The zero-order chi connectivity index (χ0) is 14.7. The molecular weight excluding hydrogens is 266 g/mol. The van der Waals surface area contributed by atoms with Crippen molar-refractivity contribution >= 4 is 23.0 Å². The molecular formula is C16H19N3S. The minimum atomic E-state index is 0.378. The maximum atomic E-state index is 5.78. The van der Waals surface area contributed by atoms with Gasteiger partial charge in [0.15, 0.2) is 0 Å². The van der Waals surface area contributed by atoms with Crippen LogP contribution < -0.4 is 10.6 Å². The summed E-state index contributed by atoms with van der Waals surface area (Å²) in [6, 6.07) is 12.3. The Bertz CT molecular complexity index is 637. The second kappa shape index (κ2) is 6.01. The zero-order valence-corrected chi connectivity index (χ0v) is 12.9. The minimum Gasteiger partial charge on any atom is -0.389 e. The Kier molecular flexibility index (Phi) is 4.35. The van der Waals surface area contributed by atoms with E-state index in [2.05, 4.69) is 41.1 Å². The molecule has 0 spiro atoms. The number of nitrogens with zero attached hydrogens (tertiary/aromatic N) is 2. The van der Waals surface area contributed by atoms with Gasteiger partial charge in [-0.05, 0) is 31.5 Å². The van der Waals surface area contributed by atoms with Gasteiger partial charge in [0.1, 0.15) is 10.8 Å². The molecule has 0 bridgehead atoms. The summed E-state index contributed by atoms with van der Waals surface area (Å²) in [6.45, 7) is 4.83.